The average molecular weight is 558 g/mol. The number of anilines is 1. The summed E-state index contributed by atoms with van der Waals surface area (Å²) in [5.41, 5.74) is 12.6. The Morgan fingerprint density at radius 1 is 0.465 bits per heavy atom. The minimum Gasteiger partial charge on any atom is -0.317 e. The van der Waals surface area contributed by atoms with Crippen molar-refractivity contribution in [3.8, 4) is 55.6 Å². The number of hydrogen-bond donors (Lipinski definition) is 0. The normalized spacial score (nSPS) is 10.7. The molecule has 0 spiro atoms. The summed E-state index contributed by atoms with van der Waals surface area (Å²) in [5.74, 6) is 0. The number of aldehydes is 1. The van der Waals surface area contributed by atoms with Gasteiger partial charge in [0.1, 0.15) is 0 Å². The van der Waals surface area contributed by atoms with Gasteiger partial charge in [-0.15, -0.1) is 0 Å². The van der Waals surface area contributed by atoms with E-state index < -0.39 is 0 Å². The van der Waals surface area contributed by atoms with Gasteiger partial charge < -0.3 is 4.90 Å². The van der Waals surface area contributed by atoms with E-state index in [1.54, 1.807) is 11.9 Å². The van der Waals surface area contributed by atoms with Gasteiger partial charge in [-0.2, -0.15) is 0 Å². The van der Waals surface area contributed by atoms with Gasteiger partial charge in [-0.25, -0.2) is 0 Å². The van der Waals surface area contributed by atoms with Gasteiger partial charge in [-0.3, -0.25) is 9.59 Å². The first kappa shape index (κ1) is 27.6. The molecule has 6 rings (SSSR count). The van der Waals surface area contributed by atoms with Crippen LogP contribution in [-0.4, -0.2) is 19.7 Å². The second kappa shape index (κ2) is 12.1. The van der Waals surface area contributed by atoms with Gasteiger partial charge in [0.15, 0.2) is 6.29 Å². The van der Waals surface area contributed by atoms with Crippen LogP contribution in [0.4, 0.5) is 5.69 Å². The summed E-state index contributed by atoms with van der Waals surface area (Å²) < 4.78 is 0. The van der Waals surface area contributed by atoms with E-state index in [-0.39, 0.29) is 0 Å². The van der Waals surface area contributed by atoms with Crippen molar-refractivity contribution in [2.45, 2.75) is 6.92 Å². The van der Waals surface area contributed by atoms with E-state index in [1.807, 2.05) is 42.5 Å². The largest absolute Gasteiger partial charge is 0.317 e. The van der Waals surface area contributed by atoms with Crippen LogP contribution in [0.1, 0.15) is 15.9 Å². The van der Waals surface area contributed by atoms with Gasteiger partial charge in [-0.1, -0.05) is 115 Å². The van der Waals surface area contributed by atoms with Crippen molar-refractivity contribution < 1.29 is 9.59 Å². The molecular weight excluding hydrogens is 526 g/mol. The summed E-state index contributed by atoms with van der Waals surface area (Å²) in [4.78, 5) is 26.0. The van der Waals surface area contributed by atoms with Crippen molar-refractivity contribution in [2.24, 2.45) is 0 Å². The first-order valence-corrected chi connectivity index (χ1v) is 14.3. The maximum Gasteiger partial charge on any atom is 0.213 e. The summed E-state index contributed by atoms with van der Waals surface area (Å²) >= 11 is 0. The van der Waals surface area contributed by atoms with Crippen LogP contribution < -0.4 is 4.90 Å². The van der Waals surface area contributed by atoms with Crippen molar-refractivity contribution >= 4 is 18.4 Å². The lowest BCUT2D eigenvalue weighted by atomic mass is 9.87. The number of nitrogens with zero attached hydrogens (tertiary/aromatic N) is 1. The molecule has 0 radical (unpaired) electrons. The molecule has 0 N–H and O–H groups in total. The van der Waals surface area contributed by atoms with E-state index >= 15 is 0 Å². The molecule has 0 saturated heterocycles. The second-order valence-corrected chi connectivity index (χ2v) is 10.7. The van der Waals surface area contributed by atoms with Crippen molar-refractivity contribution in [3.05, 3.63) is 151 Å². The Balaban J connectivity index is 1.58. The van der Waals surface area contributed by atoms with E-state index in [1.165, 1.54) is 11.1 Å². The van der Waals surface area contributed by atoms with Crippen molar-refractivity contribution in [3.63, 3.8) is 0 Å². The first-order chi connectivity index (χ1) is 21.1. The maximum atomic E-state index is 12.3. The van der Waals surface area contributed by atoms with E-state index in [4.69, 9.17) is 0 Å². The third kappa shape index (κ3) is 5.53. The standard InChI is InChI=1S/C40H31NO2/c1-28-12-6-8-20-36(28)38-24-35(25-39(40(38)41(2)27-43)37-21-9-7-15-34(37)26-42)33-19-11-18-32(23-33)31-17-10-16-30(22-31)29-13-4-3-5-14-29/h3-27H,1-2H3. The zero-order valence-electron chi connectivity index (χ0n) is 24.2. The molecule has 3 nitrogen and oxygen atoms in total. The summed E-state index contributed by atoms with van der Waals surface area (Å²) in [5, 5.41) is 0. The molecule has 0 aliphatic heterocycles. The number of hydrogen-bond acceptors (Lipinski definition) is 2. The van der Waals surface area contributed by atoms with Gasteiger partial charge in [0.25, 0.3) is 0 Å². The zero-order valence-corrected chi connectivity index (χ0v) is 24.2. The Morgan fingerprint density at radius 2 is 0.953 bits per heavy atom. The molecule has 208 valence electrons. The molecule has 0 bridgehead atoms. The molecule has 0 atom stereocenters. The molecule has 0 unspecified atom stereocenters. The van der Waals surface area contributed by atoms with E-state index in [0.717, 1.165) is 68.5 Å². The molecule has 0 aromatic heterocycles. The Labute approximate surface area is 252 Å². The summed E-state index contributed by atoms with van der Waals surface area (Å²) in [6.07, 6.45) is 1.70. The average Bonchev–Trinajstić information content (AvgIpc) is 3.08. The van der Waals surface area contributed by atoms with Gasteiger partial charge >= 0.3 is 0 Å². The third-order valence-electron chi connectivity index (χ3n) is 7.93. The highest BCUT2D eigenvalue weighted by Crippen LogP contribution is 2.44. The van der Waals surface area contributed by atoms with Crippen LogP contribution in [-0.2, 0) is 4.79 Å². The monoisotopic (exact) mass is 557 g/mol. The van der Waals surface area contributed by atoms with Crippen LogP contribution >= 0.6 is 0 Å². The fraction of sp³-hybridized carbons (Fsp3) is 0.0500. The van der Waals surface area contributed by atoms with Crippen LogP contribution in [0.15, 0.2) is 140 Å². The van der Waals surface area contributed by atoms with Gasteiger partial charge in [0.2, 0.25) is 6.41 Å². The fourth-order valence-corrected chi connectivity index (χ4v) is 5.75. The van der Waals surface area contributed by atoms with Crippen LogP contribution in [0.3, 0.4) is 0 Å². The maximum absolute atomic E-state index is 12.3. The lowest BCUT2D eigenvalue weighted by Gasteiger charge is -2.24. The van der Waals surface area contributed by atoms with E-state index in [2.05, 4.69) is 104 Å². The van der Waals surface area contributed by atoms with E-state index in [9.17, 15) is 9.59 Å². The Bertz CT molecular complexity index is 1940. The fourth-order valence-electron chi connectivity index (χ4n) is 5.75. The first-order valence-electron chi connectivity index (χ1n) is 14.3. The minimum absolute atomic E-state index is 0.572. The smallest absolute Gasteiger partial charge is 0.213 e. The molecule has 0 aliphatic carbocycles. The molecule has 3 heteroatoms. The molecule has 0 saturated carbocycles. The van der Waals surface area contributed by atoms with Crippen molar-refractivity contribution in [1.29, 1.82) is 0 Å². The predicted octanol–water partition coefficient (Wildman–Crippen LogP) is 9.74. The Morgan fingerprint density at radius 3 is 1.56 bits per heavy atom. The second-order valence-electron chi connectivity index (χ2n) is 10.7. The molecule has 6 aromatic carbocycles. The summed E-state index contributed by atoms with van der Waals surface area (Å²) in [6.45, 7) is 2.08. The highest BCUT2D eigenvalue weighted by molar-refractivity contribution is 6.02. The molecule has 43 heavy (non-hydrogen) atoms. The van der Waals surface area contributed by atoms with Crippen LogP contribution in [0.2, 0.25) is 0 Å². The summed E-state index contributed by atoms with van der Waals surface area (Å²) in [7, 11) is 1.76. The van der Waals surface area contributed by atoms with Crippen LogP contribution in [0.25, 0.3) is 55.6 Å². The molecule has 1 amide bonds. The molecular formula is C40H31NO2. The number of carbonyl (C=O) groups is 2. The quantitative estimate of drug-likeness (QED) is 0.175. The van der Waals surface area contributed by atoms with Crippen molar-refractivity contribution in [1.82, 2.24) is 0 Å². The van der Waals surface area contributed by atoms with Crippen molar-refractivity contribution in [2.75, 3.05) is 11.9 Å². The molecule has 0 aliphatic rings. The Kier molecular flexibility index (Phi) is 7.80. The minimum atomic E-state index is 0.572. The third-order valence-corrected chi connectivity index (χ3v) is 7.93. The highest BCUT2D eigenvalue weighted by Gasteiger charge is 2.21. The van der Waals surface area contributed by atoms with Crippen LogP contribution in [0, 0.1) is 6.92 Å². The van der Waals surface area contributed by atoms with E-state index in [0.29, 0.717) is 5.56 Å². The Hall–Kier alpha value is -5.54. The lowest BCUT2D eigenvalue weighted by molar-refractivity contribution is -0.107. The lowest BCUT2D eigenvalue weighted by Crippen LogP contribution is -2.16. The number of amides is 1. The summed E-state index contributed by atoms with van der Waals surface area (Å²) in [6, 6.07) is 47.5. The van der Waals surface area contributed by atoms with Gasteiger partial charge in [-0.05, 0) is 81.3 Å². The zero-order chi connectivity index (χ0) is 29.8. The highest BCUT2D eigenvalue weighted by atomic mass is 16.1. The molecule has 6 aromatic rings. The number of carbonyl (C=O) groups excluding carboxylic acids is 2. The molecule has 0 fully saturated rings. The number of benzene rings is 6. The molecule has 0 heterocycles. The predicted molar refractivity (Wildman–Crippen MR) is 178 cm³/mol. The topological polar surface area (TPSA) is 37.4 Å². The SMILES string of the molecule is Cc1ccccc1-c1cc(-c2cccc(-c3cccc(-c4ccccc4)c3)c2)cc(-c2ccccc2C=O)c1N(C)C=O. The number of aryl methyl sites for hydroxylation is 1. The van der Waals surface area contributed by atoms with Crippen LogP contribution in [0.5, 0.6) is 0 Å². The van der Waals surface area contributed by atoms with Gasteiger partial charge in [0.05, 0.1) is 5.69 Å². The van der Waals surface area contributed by atoms with Gasteiger partial charge in [0, 0.05) is 23.7 Å². The number of rotatable bonds is 8.